The number of likely N-dealkylation sites (tertiary alicyclic amines) is 1. The third kappa shape index (κ3) is 3.11. The molecule has 2 fully saturated rings. The number of methoxy groups -OCH3 is 1. The molecule has 23 heavy (non-hydrogen) atoms. The van der Waals surface area contributed by atoms with Gasteiger partial charge < -0.3 is 4.74 Å². The zero-order valence-corrected chi connectivity index (χ0v) is 14.0. The number of benzene rings is 1. The van der Waals surface area contributed by atoms with Crippen molar-refractivity contribution in [3.63, 3.8) is 0 Å². The molecule has 0 spiro atoms. The van der Waals surface area contributed by atoms with Crippen molar-refractivity contribution in [2.45, 2.75) is 32.7 Å². The van der Waals surface area contributed by atoms with Gasteiger partial charge in [0.2, 0.25) is 5.91 Å². The lowest BCUT2D eigenvalue weighted by Gasteiger charge is -2.37. The molecule has 0 radical (unpaired) electrons. The second-order valence-corrected chi connectivity index (χ2v) is 6.89. The van der Waals surface area contributed by atoms with Crippen molar-refractivity contribution in [2.75, 3.05) is 25.1 Å². The third-order valence-electron chi connectivity index (χ3n) is 4.79. The minimum atomic E-state index is -0.310. The van der Waals surface area contributed by atoms with Crippen LogP contribution in [0.2, 0.25) is 0 Å². The van der Waals surface area contributed by atoms with E-state index in [1.54, 1.807) is 31.4 Å². The van der Waals surface area contributed by atoms with Crippen LogP contribution in [0.4, 0.5) is 5.69 Å². The smallest absolute Gasteiger partial charge is 0.251 e. The van der Waals surface area contributed by atoms with E-state index in [2.05, 4.69) is 18.7 Å². The standard InChI is InChI=1S/C18H24N2O3/c1-12-8-13(2)11-19(10-12)16-9-17(21)20(18(16)22)14-4-6-15(23-3)7-5-14/h4-7,12-13,16H,8-11H2,1-3H3/t12-,13-,16-/m0/s1. The summed E-state index contributed by atoms with van der Waals surface area (Å²) >= 11 is 0. The monoisotopic (exact) mass is 316 g/mol. The minimum Gasteiger partial charge on any atom is -0.497 e. The molecule has 1 aromatic carbocycles. The van der Waals surface area contributed by atoms with Gasteiger partial charge in [-0.25, -0.2) is 4.90 Å². The Labute approximate surface area is 137 Å². The second-order valence-electron chi connectivity index (χ2n) is 6.89. The first-order valence-electron chi connectivity index (χ1n) is 8.24. The molecular formula is C18H24N2O3. The van der Waals surface area contributed by atoms with Crippen molar-refractivity contribution >= 4 is 17.5 Å². The number of piperidine rings is 1. The first-order chi connectivity index (χ1) is 11.0. The van der Waals surface area contributed by atoms with Crippen LogP contribution in [0.5, 0.6) is 5.75 Å². The lowest BCUT2D eigenvalue weighted by atomic mass is 9.90. The summed E-state index contributed by atoms with van der Waals surface area (Å²) in [6, 6.07) is 6.76. The first kappa shape index (κ1) is 16.0. The van der Waals surface area contributed by atoms with Crippen LogP contribution in [-0.4, -0.2) is 43.0 Å². The van der Waals surface area contributed by atoms with Crippen LogP contribution in [0.15, 0.2) is 24.3 Å². The van der Waals surface area contributed by atoms with E-state index in [0.29, 0.717) is 23.3 Å². The number of amides is 2. The summed E-state index contributed by atoms with van der Waals surface area (Å²) in [4.78, 5) is 28.7. The molecule has 0 N–H and O–H groups in total. The number of hydrogen-bond acceptors (Lipinski definition) is 4. The van der Waals surface area contributed by atoms with Crippen LogP contribution >= 0.6 is 0 Å². The van der Waals surface area contributed by atoms with Crippen molar-refractivity contribution in [2.24, 2.45) is 11.8 Å². The van der Waals surface area contributed by atoms with Gasteiger partial charge in [0.25, 0.3) is 5.91 Å². The zero-order valence-electron chi connectivity index (χ0n) is 14.0. The average molecular weight is 316 g/mol. The molecule has 3 rings (SSSR count). The molecule has 2 saturated heterocycles. The molecule has 2 aliphatic heterocycles. The Morgan fingerprint density at radius 1 is 1.04 bits per heavy atom. The second kappa shape index (κ2) is 6.32. The van der Waals surface area contributed by atoms with Gasteiger partial charge in [0.15, 0.2) is 0 Å². The fourth-order valence-electron chi connectivity index (χ4n) is 3.87. The van der Waals surface area contributed by atoms with Gasteiger partial charge in [-0.3, -0.25) is 14.5 Å². The summed E-state index contributed by atoms with van der Waals surface area (Å²) in [7, 11) is 1.59. The highest BCUT2D eigenvalue weighted by Gasteiger charge is 2.44. The molecule has 0 unspecified atom stereocenters. The molecule has 0 saturated carbocycles. The Hall–Kier alpha value is -1.88. The largest absolute Gasteiger partial charge is 0.497 e. The molecule has 0 aliphatic carbocycles. The molecular weight excluding hydrogens is 292 g/mol. The van der Waals surface area contributed by atoms with E-state index in [-0.39, 0.29) is 24.3 Å². The van der Waals surface area contributed by atoms with E-state index in [4.69, 9.17) is 4.74 Å². The number of anilines is 1. The molecule has 5 heteroatoms. The first-order valence-corrected chi connectivity index (χ1v) is 8.24. The van der Waals surface area contributed by atoms with Crippen molar-refractivity contribution in [3.05, 3.63) is 24.3 Å². The Morgan fingerprint density at radius 2 is 1.65 bits per heavy atom. The van der Waals surface area contributed by atoms with Crippen LogP contribution in [0.1, 0.15) is 26.7 Å². The van der Waals surface area contributed by atoms with Crippen molar-refractivity contribution in [3.8, 4) is 5.75 Å². The normalized spacial score (nSPS) is 29.2. The number of nitrogens with zero attached hydrogens (tertiary/aromatic N) is 2. The van der Waals surface area contributed by atoms with Crippen LogP contribution in [0.3, 0.4) is 0 Å². The van der Waals surface area contributed by atoms with Gasteiger partial charge in [-0.2, -0.15) is 0 Å². The van der Waals surface area contributed by atoms with Gasteiger partial charge in [0.05, 0.1) is 25.3 Å². The summed E-state index contributed by atoms with van der Waals surface area (Å²) < 4.78 is 5.13. The summed E-state index contributed by atoms with van der Waals surface area (Å²) in [5.41, 5.74) is 0.626. The predicted octanol–water partition coefficient (Wildman–Crippen LogP) is 2.31. The summed E-state index contributed by atoms with van der Waals surface area (Å²) in [5.74, 6) is 1.63. The molecule has 2 amide bonds. The SMILES string of the molecule is COc1ccc(N2C(=O)C[C@H](N3C[C@@H](C)C[C@H](C)C3)C2=O)cc1. The Balaban J connectivity index is 1.79. The number of carbonyl (C=O) groups excluding carboxylic acids is 2. The quantitative estimate of drug-likeness (QED) is 0.803. The number of carbonyl (C=O) groups is 2. The number of hydrogen-bond donors (Lipinski definition) is 0. The predicted molar refractivity (Wildman–Crippen MR) is 88.4 cm³/mol. The maximum atomic E-state index is 12.8. The Bertz CT molecular complexity index is 589. The summed E-state index contributed by atoms with van der Waals surface area (Å²) in [5, 5.41) is 0. The minimum absolute atomic E-state index is 0.0959. The molecule has 0 aromatic heterocycles. The molecule has 0 bridgehead atoms. The van der Waals surface area contributed by atoms with E-state index in [1.165, 1.54) is 11.3 Å². The van der Waals surface area contributed by atoms with E-state index >= 15 is 0 Å². The number of imide groups is 1. The molecule has 2 aliphatic rings. The van der Waals surface area contributed by atoms with Gasteiger partial charge in [-0.1, -0.05) is 13.8 Å². The highest BCUT2D eigenvalue weighted by molar-refractivity contribution is 6.22. The van der Waals surface area contributed by atoms with Crippen molar-refractivity contribution < 1.29 is 14.3 Å². The summed E-state index contributed by atoms with van der Waals surface area (Å²) in [6.45, 7) is 6.21. The van der Waals surface area contributed by atoms with E-state index in [9.17, 15) is 9.59 Å². The highest BCUT2D eigenvalue weighted by Crippen LogP contribution is 2.30. The van der Waals surface area contributed by atoms with Crippen LogP contribution in [0, 0.1) is 11.8 Å². The zero-order chi connectivity index (χ0) is 16.6. The fraction of sp³-hybridized carbons (Fsp3) is 0.556. The maximum absolute atomic E-state index is 12.8. The van der Waals surface area contributed by atoms with Crippen molar-refractivity contribution in [1.29, 1.82) is 0 Å². The van der Waals surface area contributed by atoms with Gasteiger partial charge in [0, 0.05) is 13.1 Å². The van der Waals surface area contributed by atoms with Gasteiger partial charge in [0.1, 0.15) is 5.75 Å². The topological polar surface area (TPSA) is 49.9 Å². The summed E-state index contributed by atoms with van der Waals surface area (Å²) in [6.07, 6.45) is 1.47. The van der Waals surface area contributed by atoms with Crippen LogP contribution in [-0.2, 0) is 9.59 Å². The van der Waals surface area contributed by atoms with Crippen LogP contribution < -0.4 is 9.64 Å². The van der Waals surface area contributed by atoms with E-state index < -0.39 is 0 Å². The van der Waals surface area contributed by atoms with Gasteiger partial charge in [-0.15, -0.1) is 0 Å². The molecule has 5 nitrogen and oxygen atoms in total. The number of rotatable bonds is 3. The van der Waals surface area contributed by atoms with Crippen LogP contribution in [0.25, 0.3) is 0 Å². The average Bonchev–Trinajstić information content (AvgIpc) is 2.81. The lowest BCUT2D eigenvalue weighted by Crippen LogP contribution is -2.48. The molecule has 2 heterocycles. The van der Waals surface area contributed by atoms with Gasteiger partial charge >= 0.3 is 0 Å². The lowest BCUT2D eigenvalue weighted by molar-refractivity contribution is -0.123. The highest BCUT2D eigenvalue weighted by atomic mass is 16.5. The number of ether oxygens (including phenoxy) is 1. The fourth-order valence-corrected chi connectivity index (χ4v) is 3.87. The van der Waals surface area contributed by atoms with E-state index in [0.717, 1.165) is 13.1 Å². The Morgan fingerprint density at radius 3 is 2.22 bits per heavy atom. The molecule has 3 atom stereocenters. The molecule has 1 aromatic rings. The Kier molecular flexibility index (Phi) is 4.39. The van der Waals surface area contributed by atoms with Gasteiger partial charge in [-0.05, 0) is 42.5 Å². The third-order valence-corrected chi connectivity index (χ3v) is 4.79. The maximum Gasteiger partial charge on any atom is 0.251 e. The molecule has 124 valence electrons. The van der Waals surface area contributed by atoms with E-state index in [1.807, 2.05) is 0 Å². The van der Waals surface area contributed by atoms with Crippen molar-refractivity contribution in [1.82, 2.24) is 4.90 Å².